The summed E-state index contributed by atoms with van der Waals surface area (Å²) in [6.07, 6.45) is 0.664. The summed E-state index contributed by atoms with van der Waals surface area (Å²) in [5, 5.41) is 4.90. The number of carbonyl (C=O) groups is 2. The summed E-state index contributed by atoms with van der Waals surface area (Å²) in [6, 6.07) is 9.12. The number of thiophene rings is 1. The Kier molecular flexibility index (Phi) is 3.86. The first-order valence-corrected chi connectivity index (χ1v) is 8.59. The van der Waals surface area contributed by atoms with Crippen LogP contribution >= 0.6 is 11.3 Å². The minimum absolute atomic E-state index is 0.00436. The van der Waals surface area contributed by atoms with Gasteiger partial charge in [-0.2, -0.15) is 0 Å². The van der Waals surface area contributed by atoms with Gasteiger partial charge in [-0.05, 0) is 23.6 Å². The molecule has 4 rings (SSSR count). The van der Waals surface area contributed by atoms with Gasteiger partial charge < -0.3 is 19.7 Å². The lowest BCUT2D eigenvalue weighted by atomic mass is 10.2. The van der Waals surface area contributed by atoms with E-state index in [1.54, 1.807) is 28.4 Å². The Morgan fingerprint density at radius 1 is 1.29 bits per heavy atom. The van der Waals surface area contributed by atoms with Gasteiger partial charge in [-0.15, -0.1) is 11.3 Å². The Hall–Kier alpha value is -2.54. The van der Waals surface area contributed by atoms with E-state index in [0.717, 1.165) is 10.6 Å². The normalized spacial score (nSPS) is 18.9. The number of ether oxygens (including phenoxy) is 2. The van der Waals surface area contributed by atoms with Crippen LogP contribution < -0.4 is 19.7 Å². The number of fused-ring (bicyclic) bond motifs is 1. The van der Waals surface area contributed by atoms with Gasteiger partial charge in [0.2, 0.25) is 18.6 Å². The third-order valence-corrected chi connectivity index (χ3v) is 4.95. The first kappa shape index (κ1) is 15.0. The highest BCUT2D eigenvalue weighted by Crippen LogP contribution is 2.36. The van der Waals surface area contributed by atoms with E-state index in [-0.39, 0.29) is 24.6 Å². The zero-order chi connectivity index (χ0) is 16.5. The molecular formula is C17H16N2O4S. The molecule has 0 bridgehead atoms. The van der Waals surface area contributed by atoms with Crippen molar-refractivity contribution in [3.63, 3.8) is 0 Å². The molecule has 0 aliphatic carbocycles. The predicted molar refractivity (Wildman–Crippen MR) is 89.5 cm³/mol. The van der Waals surface area contributed by atoms with E-state index in [2.05, 4.69) is 5.32 Å². The monoisotopic (exact) mass is 344 g/mol. The van der Waals surface area contributed by atoms with Crippen molar-refractivity contribution in [3.8, 4) is 11.5 Å². The van der Waals surface area contributed by atoms with Crippen LogP contribution in [0.2, 0.25) is 0 Å². The number of nitrogens with one attached hydrogen (secondary N) is 1. The SMILES string of the molecule is O=C(Cc1cccs1)NC1CC(=O)N(c2ccc3c(c2)OCO3)C1. The van der Waals surface area contributed by atoms with Gasteiger partial charge >= 0.3 is 0 Å². The molecule has 3 heterocycles. The van der Waals surface area contributed by atoms with Crippen LogP contribution in [0.15, 0.2) is 35.7 Å². The summed E-state index contributed by atoms with van der Waals surface area (Å²) in [5.41, 5.74) is 0.763. The Labute approximate surface area is 143 Å². The van der Waals surface area contributed by atoms with E-state index < -0.39 is 0 Å². The van der Waals surface area contributed by atoms with E-state index in [4.69, 9.17) is 9.47 Å². The maximum atomic E-state index is 12.3. The molecule has 124 valence electrons. The van der Waals surface area contributed by atoms with Crippen LogP contribution in [-0.2, 0) is 16.0 Å². The molecule has 0 saturated carbocycles. The van der Waals surface area contributed by atoms with Crippen molar-refractivity contribution in [2.45, 2.75) is 18.9 Å². The molecule has 6 nitrogen and oxygen atoms in total. The molecule has 2 aromatic rings. The van der Waals surface area contributed by atoms with Crippen molar-refractivity contribution in [2.75, 3.05) is 18.2 Å². The van der Waals surface area contributed by atoms with Crippen molar-refractivity contribution in [2.24, 2.45) is 0 Å². The van der Waals surface area contributed by atoms with Gasteiger partial charge in [0.25, 0.3) is 0 Å². The summed E-state index contributed by atoms with van der Waals surface area (Å²) in [5.74, 6) is 1.27. The molecule has 1 N–H and O–H groups in total. The molecule has 1 fully saturated rings. The van der Waals surface area contributed by atoms with Gasteiger partial charge in [-0.3, -0.25) is 9.59 Å². The van der Waals surface area contributed by atoms with Gasteiger partial charge in [-0.25, -0.2) is 0 Å². The van der Waals surface area contributed by atoms with Crippen LogP contribution in [0.4, 0.5) is 5.69 Å². The third kappa shape index (κ3) is 2.94. The average molecular weight is 344 g/mol. The second kappa shape index (κ2) is 6.16. The fraction of sp³-hybridized carbons (Fsp3) is 0.294. The molecule has 1 unspecified atom stereocenters. The average Bonchev–Trinajstić information content (AvgIpc) is 3.27. The second-order valence-electron chi connectivity index (χ2n) is 5.77. The van der Waals surface area contributed by atoms with Crippen molar-refractivity contribution in [3.05, 3.63) is 40.6 Å². The van der Waals surface area contributed by atoms with E-state index in [0.29, 0.717) is 30.9 Å². The zero-order valence-electron chi connectivity index (χ0n) is 12.9. The molecule has 1 aromatic carbocycles. The molecule has 7 heteroatoms. The number of benzene rings is 1. The number of nitrogens with zero attached hydrogens (tertiary/aromatic N) is 1. The summed E-state index contributed by atoms with van der Waals surface area (Å²) >= 11 is 1.55. The van der Waals surface area contributed by atoms with E-state index >= 15 is 0 Å². The zero-order valence-corrected chi connectivity index (χ0v) is 13.7. The maximum absolute atomic E-state index is 12.3. The maximum Gasteiger partial charge on any atom is 0.231 e. The molecule has 0 spiro atoms. The predicted octanol–water partition coefficient (Wildman–Crippen LogP) is 1.94. The lowest BCUT2D eigenvalue weighted by Gasteiger charge is -2.17. The summed E-state index contributed by atoms with van der Waals surface area (Å²) in [4.78, 5) is 27.1. The third-order valence-electron chi connectivity index (χ3n) is 4.07. The fourth-order valence-electron chi connectivity index (χ4n) is 2.96. The number of hydrogen-bond acceptors (Lipinski definition) is 5. The molecule has 2 aliphatic rings. The Bertz CT molecular complexity index is 775. The van der Waals surface area contributed by atoms with Gasteiger partial charge in [0.15, 0.2) is 11.5 Å². The standard InChI is InChI=1S/C17H16N2O4S/c20-16(8-13-2-1-5-24-13)18-11-6-17(21)19(9-11)12-3-4-14-15(7-12)23-10-22-14/h1-5,7,11H,6,8-10H2,(H,18,20). The van der Waals surface area contributed by atoms with Crippen LogP contribution in [0.3, 0.4) is 0 Å². The summed E-state index contributed by atoms with van der Waals surface area (Å²) < 4.78 is 10.6. The van der Waals surface area contributed by atoms with E-state index in [1.165, 1.54) is 0 Å². The molecule has 1 aromatic heterocycles. The number of hydrogen-bond donors (Lipinski definition) is 1. The quantitative estimate of drug-likeness (QED) is 0.920. The smallest absolute Gasteiger partial charge is 0.231 e. The van der Waals surface area contributed by atoms with Crippen molar-refractivity contribution >= 4 is 28.8 Å². The lowest BCUT2D eigenvalue weighted by molar-refractivity contribution is -0.121. The number of amides is 2. The van der Waals surface area contributed by atoms with Crippen LogP contribution in [0.5, 0.6) is 11.5 Å². The molecule has 1 saturated heterocycles. The van der Waals surface area contributed by atoms with Crippen LogP contribution in [0.25, 0.3) is 0 Å². The molecular weight excluding hydrogens is 328 g/mol. The first-order valence-electron chi connectivity index (χ1n) is 7.71. The number of rotatable bonds is 4. The lowest BCUT2D eigenvalue weighted by Crippen LogP contribution is -2.37. The number of carbonyl (C=O) groups excluding carboxylic acids is 2. The van der Waals surface area contributed by atoms with Crippen LogP contribution in [0, 0.1) is 0 Å². The topological polar surface area (TPSA) is 67.9 Å². The second-order valence-corrected chi connectivity index (χ2v) is 6.80. The number of anilines is 1. The van der Waals surface area contributed by atoms with E-state index in [1.807, 2.05) is 23.6 Å². The van der Waals surface area contributed by atoms with Crippen LogP contribution in [0.1, 0.15) is 11.3 Å². The molecule has 1 atom stereocenters. The minimum Gasteiger partial charge on any atom is -0.454 e. The van der Waals surface area contributed by atoms with Gasteiger partial charge in [-0.1, -0.05) is 6.07 Å². The summed E-state index contributed by atoms with van der Waals surface area (Å²) in [6.45, 7) is 0.669. The molecule has 0 radical (unpaired) electrons. The molecule has 2 aliphatic heterocycles. The Morgan fingerprint density at radius 3 is 3.00 bits per heavy atom. The molecule has 2 amide bonds. The largest absolute Gasteiger partial charge is 0.454 e. The highest BCUT2D eigenvalue weighted by atomic mass is 32.1. The fourth-order valence-corrected chi connectivity index (χ4v) is 3.66. The molecule has 24 heavy (non-hydrogen) atoms. The van der Waals surface area contributed by atoms with Gasteiger partial charge in [0.05, 0.1) is 12.5 Å². The van der Waals surface area contributed by atoms with Gasteiger partial charge in [0, 0.05) is 29.6 Å². The van der Waals surface area contributed by atoms with Crippen LogP contribution in [-0.4, -0.2) is 31.2 Å². The first-order chi connectivity index (χ1) is 11.7. The Morgan fingerprint density at radius 2 is 2.17 bits per heavy atom. The van der Waals surface area contributed by atoms with E-state index in [9.17, 15) is 9.59 Å². The highest BCUT2D eigenvalue weighted by Gasteiger charge is 2.32. The van der Waals surface area contributed by atoms with Crippen molar-refractivity contribution < 1.29 is 19.1 Å². The minimum atomic E-state index is -0.171. The summed E-state index contributed by atoms with van der Waals surface area (Å²) in [7, 11) is 0. The highest BCUT2D eigenvalue weighted by molar-refractivity contribution is 7.10. The van der Waals surface area contributed by atoms with Crippen molar-refractivity contribution in [1.29, 1.82) is 0 Å². The van der Waals surface area contributed by atoms with Gasteiger partial charge in [0.1, 0.15) is 0 Å². The van der Waals surface area contributed by atoms with Crippen molar-refractivity contribution in [1.82, 2.24) is 5.32 Å². The Balaban J connectivity index is 1.40.